The first-order chi connectivity index (χ1) is 11.9. The van der Waals surface area contributed by atoms with E-state index in [1.165, 1.54) is 34.6 Å². The fourth-order valence-corrected chi connectivity index (χ4v) is 4.72. The quantitative estimate of drug-likeness (QED) is 0.844. The lowest BCUT2D eigenvalue weighted by atomic mass is 10.2. The highest BCUT2D eigenvalue weighted by Crippen LogP contribution is 2.23. The van der Waals surface area contributed by atoms with Crippen molar-refractivity contribution in [2.75, 3.05) is 18.4 Å². The summed E-state index contributed by atoms with van der Waals surface area (Å²) in [5.41, 5.74) is 0.813. The highest BCUT2D eigenvalue weighted by atomic mass is 35.5. The summed E-state index contributed by atoms with van der Waals surface area (Å²) >= 11 is 11.8. The predicted molar refractivity (Wildman–Crippen MR) is 98.9 cm³/mol. The minimum Gasteiger partial charge on any atom is -0.322 e. The molecule has 1 amide bonds. The Hall–Kier alpha value is -1.60. The van der Waals surface area contributed by atoms with Gasteiger partial charge in [-0.15, -0.1) is 0 Å². The van der Waals surface area contributed by atoms with Crippen molar-refractivity contribution in [1.82, 2.24) is 4.31 Å². The molecular weight excluding hydrogens is 383 g/mol. The molecule has 8 heteroatoms. The van der Waals surface area contributed by atoms with Crippen molar-refractivity contribution >= 4 is 44.8 Å². The number of anilines is 1. The Bertz CT molecular complexity index is 872. The Labute approximate surface area is 156 Å². The van der Waals surface area contributed by atoms with Crippen molar-refractivity contribution in [3.8, 4) is 0 Å². The SMILES string of the molecule is O=C(Nc1ccc(S(=O)(=O)N2CCCC2)cc1)c1cc(Cl)cc(Cl)c1. The first-order valence-electron chi connectivity index (χ1n) is 7.74. The molecule has 1 heterocycles. The van der Waals surface area contributed by atoms with Gasteiger partial charge in [-0.05, 0) is 55.3 Å². The number of rotatable bonds is 4. The molecule has 1 fully saturated rings. The number of sulfonamides is 1. The van der Waals surface area contributed by atoms with Crippen LogP contribution in [-0.2, 0) is 10.0 Å². The molecule has 1 aliphatic heterocycles. The van der Waals surface area contributed by atoms with E-state index in [4.69, 9.17) is 23.2 Å². The molecule has 1 N–H and O–H groups in total. The average Bonchev–Trinajstić information content (AvgIpc) is 3.09. The van der Waals surface area contributed by atoms with Gasteiger partial charge in [-0.2, -0.15) is 4.31 Å². The van der Waals surface area contributed by atoms with Crippen molar-refractivity contribution in [2.24, 2.45) is 0 Å². The lowest BCUT2D eigenvalue weighted by molar-refractivity contribution is 0.102. The molecule has 0 atom stereocenters. The van der Waals surface area contributed by atoms with E-state index >= 15 is 0 Å². The monoisotopic (exact) mass is 398 g/mol. The highest BCUT2D eigenvalue weighted by Gasteiger charge is 2.26. The summed E-state index contributed by atoms with van der Waals surface area (Å²) in [5.74, 6) is -0.375. The number of amides is 1. The van der Waals surface area contributed by atoms with Gasteiger partial charge in [-0.3, -0.25) is 4.79 Å². The molecule has 3 rings (SSSR count). The maximum Gasteiger partial charge on any atom is 0.255 e. The fourth-order valence-electron chi connectivity index (χ4n) is 2.68. The first kappa shape index (κ1) is 18.2. The van der Waals surface area contributed by atoms with Gasteiger partial charge in [0.05, 0.1) is 4.90 Å². The maximum absolute atomic E-state index is 12.5. The molecule has 2 aromatic rings. The zero-order valence-corrected chi connectivity index (χ0v) is 15.5. The summed E-state index contributed by atoms with van der Waals surface area (Å²) in [4.78, 5) is 12.5. The van der Waals surface area contributed by atoms with Crippen molar-refractivity contribution in [3.05, 3.63) is 58.1 Å². The molecule has 0 radical (unpaired) electrons. The molecule has 1 saturated heterocycles. The van der Waals surface area contributed by atoms with Gasteiger partial charge < -0.3 is 5.32 Å². The number of carbonyl (C=O) groups excluding carboxylic acids is 1. The summed E-state index contributed by atoms with van der Waals surface area (Å²) in [5, 5.41) is 3.43. The van der Waals surface area contributed by atoms with Gasteiger partial charge in [-0.1, -0.05) is 23.2 Å². The van der Waals surface area contributed by atoms with E-state index in [1.54, 1.807) is 12.1 Å². The van der Waals surface area contributed by atoms with Crippen molar-refractivity contribution in [2.45, 2.75) is 17.7 Å². The summed E-state index contributed by atoms with van der Waals surface area (Å²) in [6.45, 7) is 1.10. The van der Waals surface area contributed by atoms with Crippen LogP contribution in [0.2, 0.25) is 10.0 Å². The zero-order chi connectivity index (χ0) is 18.0. The topological polar surface area (TPSA) is 66.5 Å². The van der Waals surface area contributed by atoms with E-state index in [9.17, 15) is 13.2 Å². The maximum atomic E-state index is 12.5. The number of benzene rings is 2. The third-order valence-corrected chi connectivity index (χ3v) is 6.29. The van der Waals surface area contributed by atoms with Crippen LogP contribution in [0.5, 0.6) is 0 Å². The molecule has 0 spiro atoms. The van der Waals surface area contributed by atoms with E-state index in [-0.39, 0.29) is 10.8 Å². The average molecular weight is 399 g/mol. The van der Waals surface area contributed by atoms with E-state index in [2.05, 4.69) is 5.32 Å². The normalized spacial score (nSPS) is 15.3. The van der Waals surface area contributed by atoms with E-state index in [0.717, 1.165) is 12.8 Å². The second-order valence-corrected chi connectivity index (χ2v) is 8.56. The molecule has 0 saturated carbocycles. The highest BCUT2D eigenvalue weighted by molar-refractivity contribution is 7.89. The number of hydrogen-bond acceptors (Lipinski definition) is 3. The Morgan fingerprint density at radius 2 is 1.52 bits per heavy atom. The standard InChI is InChI=1S/C17H16Cl2N2O3S/c18-13-9-12(10-14(19)11-13)17(22)20-15-3-5-16(6-4-15)25(23,24)21-7-1-2-8-21/h3-6,9-11H,1-2,7-8H2,(H,20,22). The number of nitrogens with zero attached hydrogens (tertiary/aromatic N) is 1. The van der Waals surface area contributed by atoms with Crippen LogP contribution in [0.3, 0.4) is 0 Å². The van der Waals surface area contributed by atoms with Crippen LogP contribution in [0.25, 0.3) is 0 Å². The number of nitrogens with one attached hydrogen (secondary N) is 1. The van der Waals surface area contributed by atoms with Crippen LogP contribution in [-0.4, -0.2) is 31.7 Å². The molecule has 1 aliphatic rings. The third-order valence-electron chi connectivity index (χ3n) is 3.94. The number of carbonyl (C=O) groups is 1. The van der Waals surface area contributed by atoms with Crippen LogP contribution in [0.15, 0.2) is 47.4 Å². The van der Waals surface area contributed by atoms with Gasteiger partial charge in [-0.25, -0.2) is 8.42 Å². The summed E-state index contributed by atoms with van der Waals surface area (Å²) in [6.07, 6.45) is 1.77. The lowest BCUT2D eigenvalue weighted by Crippen LogP contribution is -2.27. The molecule has 2 aromatic carbocycles. The van der Waals surface area contributed by atoms with Crippen LogP contribution in [0.4, 0.5) is 5.69 Å². The summed E-state index contributed by atoms with van der Waals surface area (Å²) in [6, 6.07) is 10.7. The van der Waals surface area contributed by atoms with Gasteiger partial charge in [0.2, 0.25) is 10.0 Å². The molecule has 132 valence electrons. The van der Waals surface area contributed by atoms with Crippen LogP contribution in [0, 0.1) is 0 Å². The minimum atomic E-state index is -3.46. The van der Waals surface area contributed by atoms with Gasteiger partial charge in [0, 0.05) is 34.4 Å². The van der Waals surface area contributed by atoms with Gasteiger partial charge in [0.25, 0.3) is 5.91 Å². The molecule has 5 nitrogen and oxygen atoms in total. The van der Waals surface area contributed by atoms with Gasteiger partial charge in [0.15, 0.2) is 0 Å². The van der Waals surface area contributed by atoms with Crippen molar-refractivity contribution in [3.63, 3.8) is 0 Å². The largest absolute Gasteiger partial charge is 0.322 e. The first-order valence-corrected chi connectivity index (χ1v) is 9.93. The molecule has 0 bridgehead atoms. The van der Waals surface area contributed by atoms with Crippen LogP contribution >= 0.6 is 23.2 Å². The lowest BCUT2D eigenvalue weighted by Gasteiger charge is -2.15. The molecular formula is C17H16Cl2N2O3S. The Morgan fingerprint density at radius 1 is 0.960 bits per heavy atom. The van der Waals surface area contributed by atoms with Crippen LogP contribution < -0.4 is 5.32 Å². The Kier molecular flexibility index (Phi) is 5.34. The minimum absolute atomic E-state index is 0.221. The van der Waals surface area contributed by atoms with E-state index in [1.807, 2.05) is 0 Å². The smallest absolute Gasteiger partial charge is 0.255 e. The van der Waals surface area contributed by atoms with Gasteiger partial charge in [0.1, 0.15) is 0 Å². The zero-order valence-electron chi connectivity index (χ0n) is 13.2. The Morgan fingerprint density at radius 3 is 2.08 bits per heavy atom. The number of halogens is 2. The van der Waals surface area contributed by atoms with Crippen molar-refractivity contribution < 1.29 is 13.2 Å². The molecule has 0 aromatic heterocycles. The van der Waals surface area contributed by atoms with Crippen LogP contribution in [0.1, 0.15) is 23.2 Å². The van der Waals surface area contributed by atoms with Crippen molar-refractivity contribution in [1.29, 1.82) is 0 Å². The molecule has 25 heavy (non-hydrogen) atoms. The molecule has 0 aliphatic carbocycles. The van der Waals surface area contributed by atoms with E-state index < -0.39 is 10.0 Å². The second kappa shape index (κ2) is 7.33. The number of hydrogen-bond donors (Lipinski definition) is 1. The second-order valence-electron chi connectivity index (χ2n) is 5.75. The van der Waals surface area contributed by atoms with Gasteiger partial charge >= 0.3 is 0 Å². The summed E-state index contributed by atoms with van der Waals surface area (Å²) < 4.78 is 26.4. The van der Waals surface area contributed by atoms with E-state index in [0.29, 0.717) is 34.4 Å². The fraction of sp³-hybridized carbons (Fsp3) is 0.235. The summed E-state index contributed by atoms with van der Waals surface area (Å²) in [7, 11) is -3.46. The third kappa shape index (κ3) is 4.15. The molecule has 0 unspecified atom stereocenters. The predicted octanol–water partition coefficient (Wildman–Crippen LogP) is 4.03. The Balaban J connectivity index is 1.75.